The van der Waals surface area contributed by atoms with Gasteiger partial charge in [0.25, 0.3) is 5.91 Å². The van der Waals surface area contributed by atoms with Gasteiger partial charge in [0.1, 0.15) is 0 Å². The van der Waals surface area contributed by atoms with Crippen LogP contribution >= 0.6 is 0 Å². The van der Waals surface area contributed by atoms with Crippen LogP contribution in [0.3, 0.4) is 0 Å². The van der Waals surface area contributed by atoms with Crippen LogP contribution in [0, 0.1) is 11.6 Å². The maximum atomic E-state index is 13.3. The number of amides is 1. The summed E-state index contributed by atoms with van der Waals surface area (Å²) in [6.07, 6.45) is 0.918. The quantitative estimate of drug-likeness (QED) is 0.726. The Hall–Kier alpha value is -1.57. The highest BCUT2D eigenvalue weighted by atomic mass is 19.2. The molecule has 1 fully saturated rings. The number of piperidine rings is 1. The van der Waals surface area contributed by atoms with Crippen LogP contribution in [0.25, 0.3) is 0 Å². The average Bonchev–Trinajstić information content (AvgIpc) is 2.54. The van der Waals surface area contributed by atoms with Gasteiger partial charge in [0.05, 0.1) is 6.61 Å². The molecular formula is C17H24F2N2O3. The first kappa shape index (κ1) is 18.8. The standard InChI is InChI=1S/C17H24F2N2O3/c1-16(2,11-22)20-10-17(24)6-3-7-21(15(17)23)9-12-4-5-13(18)14(19)8-12/h4-5,8,20,22,24H,3,6-7,9-11H2,1-2H3/t17-/m1/s1. The lowest BCUT2D eigenvalue weighted by Gasteiger charge is -2.40. The smallest absolute Gasteiger partial charge is 0.256 e. The zero-order chi connectivity index (χ0) is 18.0. The molecule has 1 aliphatic heterocycles. The molecule has 3 N–H and O–H groups in total. The Morgan fingerprint density at radius 3 is 2.67 bits per heavy atom. The molecular weight excluding hydrogens is 318 g/mol. The van der Waals surface area contributed by atoms with Crippen molar-refractivity contribution in [3.05, 3.63) is 35.4 Å². The molecule has 0 aromatic heterocycles. The molecule has 0 radical (unpaired) electrons. The van der Waals surface area contributed by atoms with E-state index in [0.717, 1.165) is 12.1 Å². The van der Waals surface area contributed by atoms with Crippen LogP contribution in [0.2, 0.25) is 0 Å². The minimum Gasteiger partial charge on any atom is -0.394 e. The highest BCUT2D eigenvalue weighted by Crippen LogP contribution is 2.25. The van der Waals surface area contributed by atoms with Gasteiger partial charge in [0, 0.05) is 25.2 Å². The van der Waals surface area contributed by atoms with E-state index in [0.29, 0.717) is 24.9 Å². The van der Waals surface area contributed by atoms with Crippen molar-refractivity contribution >= 4 is 5.91 Å². The van der Waals surface area contributed by atoms with Gasteiger partial charge in [-0.1, -0.05) is 6.07 Å². The molecule has 0 spiro atoms. The zero-order valence-corrected chi connectivity index (χ0v) is 14.0. The number of aliphatic hydroxyl groups excluding tert-OH is 1. The van der Waals surface area contributed by atoms with Crippen LogP contribution in [0.1, 0.15) is 32.3 Å². The molecule has 1 amide bonds. The molecule has 0 unspecified atom stereocenters. The Kier molecular flexibility index (Phi) is 5.57. The number of hydrogen-bond acceptors (Lipinski definition) is 4. The van der Waals surface area contributed by atoms with Crippen molar-refractivity contribution in [1.82, 2.24) is 10.2 Å². The molecule has 134 valence electrons. The Balaban J connectivity index is 2.07. The number of nitrogens with zero attached hydrogens (tertiary/aromatic N) is 1. The molecule has 0 saturated carbocycles. The van der Waals surface area contributed by atoms with Crippen molar-refractivity contribution in [3.8, 4) is 0 Å². The molecule has 0 aliphatic carbocycles. The summed E-state index contributed by atoms with van der Waals surface area (Å²) in [5.41, 5.74) is -1.71. The molecule has 1 heterocycles. The second-order valence-electron chi connectivity index (χ2n) is 7.01. The first-order chi connectivity index (χ1) is 11.2. The Bertz CT molecular complexity index is 609. The van der Waals surface area contributed by atoms with Crippen LogP contribution in [0.15, 0.2) is 18.2 Å². The maximum Gasteiger partial charge on any atom is 0.256 e. The predicted octanol–water partition coefficient (Wildman–Crippen LogP) is 1.18. The van der Waals surface area contributed by atoms with Gasteiger partial charge in [0.15, 0.2) is 17.2 Å². The highest BCUT2D eigenvalue weighted by molar-refractivity contribution is 5.86. The molecule has 5 nitrogen and oxygen atoms in total. The summed E-state index contributed by atoms with van der Waals surface area (Å²) in [5.74, 6) is -2.34. The van der Waals surface area contributed by atoms with Crippen molar-refractivity contribution in [1.29, 1.82) is 0 Å². The van der Waals surface area contributed by atoms with E-state index in [-0.39, 0.29) is 19.7 Å². The number of benzene rings is 1. The van der Waals surface area contributed by atoms with Gasteiger partial charge in [-0.05, 0) is 44.4 Å². The summed E-state index contributed by atoms with van der Waals surface area (Å²) in [4.78, 5) is 14.1. The van der Waals surface area contributed by atoms with Crippen molar-refractivity contribution in [3.63, 3.8) is 0 Å². The molecule has 0 bridgehead atoms. The van der Waals surface area contributed by atoms with E-state index in [4.69, 9.17) is 0 Å². The van der Waals surface area contributed by atoms with Crippen LogP contribution in [-0.2, 0) is 11.3 Å². The second-order valence-corrected chi connectivity index (χ2v) is 7.01. The Labute approximate surface area is 140 Å². The molecule has 1 atom stereocenters. The number of nitrogens with one attached hydrogen (secondary N) is 1. The minimum atomic E-state index is -1.57. The third-order valence-electron chi connectivity index (χ3n) is 4.32. The fraction of sp³-hybridized carbons (Fsp3) is 0.588. The number of likely N-dealkylation sites (tertiary alicyclic amines) is 1. The van der Waals surface area contributed by atoms with Crippen LogP contribution in [0.5, 0.6) is 0 Å². The molecule has 24 heavy (non-hydrogen) atoms. The molecule has 1 saturated heterocycles. The van der Waals surface area contributed by atoms with E-state index in [1.165, 1.54) is 11.0 Å². The van der Waals surface area contributed by atoms with Crippen LogP contribution in [0.4, 0.5) is 8.78 Å². The number of aliphatic hydroxyl groups is 2. The molecule has 2 rings (SSSR count). The van der Waals surface area contributed by atoms with E-state index in [1.54, 1.807) is 13.8 Å². The van der Waals surface area contributed by atoms with Crippen molar-refractivity contribution < 1.29 is 23.8 Å². The minimum absolute atomic E-state index is 0.0215. The number of β-amino-alcohol motifs (C(OH)–C–C–N with tert-alkyl or cyclic N) is 1. The summed E-state index contributed by atoms with van der Waals surface area (Å²) in [7, 11) is 0. The number of carbonyl (C=O) groups is 1. The van der Waals surface area contributed by atoms with E-state index in [2.05, 4.69) is 5.32 Å². The SMILES string of the molecule is CC(C)(CO)NC[C@]1(O)CCCN(Cc2ccc(F)c(F)c2)C1=O. The fourth-order valence-electron chi connectivity index (χ4n) is 2.68. The molecule has 1 aliphatic rings. The van der Waals surface area contributed by atoms with Crippen molar-refractivity contribution in [2.24, 2.45) is 0 Å². The van der Waals surface area contributed by atoms with E-state index in [9.17, 15) is 23.8 Å². The van der Waals surface area contributed by atoms with Gasteiger partial charge in [-0.2, -0.15) is 0 Å². The largest absolute Gasteiger partial charge is 0.394 e. The van der Waals surface area contributed by atoms with E-state index >= 15 is 0 Å². The van der Waals surface area contributed by atoms with E-state index < -0.39 is 28.7 Å². The maximum absolute atomic E-state index is 13.3. The third kappa shape index (κ3) is 4.28. The van der Waals surface area contributed by atoms with Gasteiger partial charge in [0.2, 0.25) is 0 Å². The topological polar surface area (TPSA) is 72.8 Å². The summed E-state index contributed by atoms with van der Waals surface area (Å²) in [5, 5.41) is 22.9. The second kappa shape index (κ2) is 7.13. The Morgan fingerprint density at radius 2 is 2.04 bits per heavy atom. The summed E-state index contributed by atoms with van der Waals surface area (Å²) < 4.78 is 26.3. The predicted molar refractivity (Wildman–Crippen MR) is 85.1 cm³/mol. The van der Waals surface area contributed by atoms with Crippen LogP contribution in [-0.4, -0.2) is 51.9 Å². The van der Waals surface area contributed by atoms with Gasteiger partial charge < -0.3 is 20.4 Å². The fourth-order valence-corrected chi connectivity index (χ4v) is 2.68. The lowest BCUT2D eigenvalue weighted by Crippen LogP contribution is -2.60. The Morgan fingerprint density at radius 1 is 1.33 bits per heavy atom. The summed E-state index contributed by atoms with van der Waals surface area (Å²) in [6, 6.07) is 3.51. The molecule has 1 aromatic carbocycles. The monoisotopic (exact) mass is 342 g/mol. The molecule has 1 aromatic rings. The zero-order valence-electron chi connectivity index (χ0n) is 14.0. The van der Waals surface area contributed by atoms with E-state index in [1.807, 2.05) is 0 Å². The summed E-state index contributed by atoms with van der Waals surface area (Å²) in [6.45, 7) is 3.99. The number of carbonyl (C=O) groups excluding carboxylic acids is 1. The highest BCUT2D eigenvalue weighted by Gasteiger charge is 2.42. The first-order valence-electron chi connectivity index (χ1n) is 7.98. The lowest BCUT2D eigenvalue weighted by atomic mass is 9.90. The average molecular weight is 342 g/mol. The lowest BCUT2D eigenvalue weighted by molar-refractivity contribution is -0.157. The first-order valence-corrected chi connectivity index (χ1v) is 7.98. The van der Waals surface area contributed by atoms with Crippen molar-refractivity contribution in [2.45, 2.75) is 44.4 Å². The van der Waals surface area contributed by atoms with Gasteiger partial charge in [-0.3, -0.25) is 4.79 Å². The number of halogens is 2. The number of rotatable bonds is 6. The van der Waals surface area contributed by atoms with Crippen LogP contribution < -0.4 is 5.32 Å². The van der Waals surface area contributed by atoms with Gasteiger partial charge >= 0.3 is 0 Å². The van der Waals surface area contributed by atoms with Gasteiger partial charge in [-0.15, -0.1) is 0 Å². The van der Waals surface area contributed by atoms with Crippen molar-refractivity contribution in [2.75, 3.05) is 19.7 Å². The number of hydrogen-bond donors (Lipinski definition) is 3. The normalized spacial score (nSPS) is 22.1. The van der Waals surface area contributed by atoms with Gasteiger partial charge in [-0.25, -0.2) is 8.78 Å². The molecule has 7 heteroatoms. The third-order valence-corrected chi connectivity index (χ3v) is 4.32. The summed E-state index contributed by atoms with van der Waals surface area (Å²) >= 11 is 0.